The van der Waals surface area contributed by atoms with Gasteiger partial charge in [0.15, 0.2) is 0 Å². The standard InChI is InChI=1S/C66H123N2O6P/c1-6-8-10-12-14-16-18-20-22-24-26-28-30-31-32-33-34-35-36-37-38-40-42-44-46-48-50-52-54-56-58-60-66(70)67-64(63-74-75(71,72)73-62-61-68(3,4)5)65(69)59-57-55-53-51-49-47-45-43-41-39-29-27-25-23-21-19-17-15-13-11-9-7-2/h8,10,14,16,20,22,26,28,31-32,57,59,64-65,69H,6-7,9,11-13,15,17-19,21,23-25,27,29-30,33-56,58,60-63H2,1-5H3,(H-,67,70,71,72)/b10-8-,16-14-,22-20-,28-26-,32-31-,59-57+. The zero-order valence-electron chi connectivity index (χ0n) is 50.0. The van der Waals surface area contributed by atoms with E-state index in [9.17, 15) is 19.4 Å². The first-order valence-corrected chi connectivity index (χ1v) is 33.3. The van der Waals surface area contributed by atoms with E-state index in [1.165, 1.54) is 199 Å². The lowest BCUT2D eigenvalue weighted by Crippen LogP contribution is -2.45. The summed E-state index contributed by atoms with van der Waals surface area (Å²) in [5.41, 5.74) is 0. The molecule has 9 heteroatoms. The number of phosphoric ester groups is 1. The van der Waals surface area contributed by atoms with Gasteiger partial charge in [0, 0.05) is 6.42 Å². The maximum Gasteiger partial charge on any atom is 0.268 e. The van der Waals surface area contributed by atoms with E-state index in [1.807, 2.05) is 27.2 Å². The van der Waals surface area contributed by atoms with Crippen LogP contribution in [0.25, 0.3) is 0 Å². The van der Waals surface area contributed by atoms with Gasteiger partial charge in [-0.15, -0.1) is 0 Å². The summed E-state index contributed by atoms with van der Waals surface area (Å²) in [6, 6.07) is -0.890. The van der Waals surface area contributed by atoms with Gasteiger partial charge in [0.05, 0.1) is 39.9 Å². The number of quaternary nitrogens is 1. The molecule has 0 fully saturated rings. The van der Waals surface area contributed by atoms with Gasteiger partial charge in [-0.1, -0.05) is 292 Å². The molecule has 0 radical (unpaired) electrons. The topological polar surface area (TPSA) is 108 Å². The third-order valence-corrected chi connectivity index (χ3v) is 15.1. The number of carbonyl (C=O) groups is 1. The quantitative estimate of drug-likeness (QED) is 0.0272. The third kappa shape index (κ3) is 59.4. The van der Waals surface area contributed by atoms with Gasteiger partial charge < -0.3 is 28.8 Å². The van der Waals surface area contributed by atoms with Crippen LogP contribution < -0.4 is 10.2 Å². The SMILES string of the molecule is CC/C=C\C/C=C\C/C=C\C/C=C\C/C=C\CCCCCCCCCCCCCCCCCC(=O)NC(COP(=O)([O-])OCC[N+](C)(C)C)C(O)/C=C/CCCCCCCCCCCCCCCCCCCCCC. The number of likely N-dealkylation sites (N-methyl/N-ethyl adjacent to an activating group) is 1. The van der Waals surface area contributed by atoms with Crippen molar-refractivity contribution in [3.8, 4) is 0 Å². The van der Waals surface area contributed by atoms with Crippen molar-refractivity contribution in [2.45, 2.75) is 302 Å². The second-order valence-electron chi connectivity index (χ2n) is 22.7. The third-order valence-electron chi connectivity index (χ3n) is 14.2. The average molecular weight is 1070 g/mol. The first kappa shape index (κ1) is 72.9. The molecule has 0 saturated heterocycles. The summed E-state index contributed by atoms with van der Waals surface area (Å²) in [5.74, 6) is -0.196. The van der Waals surface area contributed by atoms with Gasteiger partial charge >= 0.3 is 0 Å². The second kappa shape index (κ2) is 56.7. The summed E-state index contributed by atoms with van der Waals surface area (Å²) in [7, 11) is 1.26. The van der Waals surface area contributed by atoms with Gasteiger partial charge in [-0.25, -0.2) is 0 Å². The highest BCUT2D eigenvalue weighted by atomic mass is 31.2. The van der Waals surface area contributed by atoms with E-state index in [2.05, 4.69) is 79.9 Å². The molecule has 438 valence electrons. The largest absolute Gasteiger partial charge is 0.756 e. The fraction of sp³-hybridized carbons (Fsp3) is 0.803. The number of aliphatic hydroxyl groups is 1. The maximum absolute atomic E-state index is 13.0. The summed E-state index contributed by atoms with van der Waals surface area (Å²) in [4.78, 5) is 25.6. The number of amides is 1. The number of phosphoric acid groups is 1. The van der Waals surface area contributed by atoms with Crippen molar-refractivity contribution in [3.05, 3.63) is 72.9 Å². The number of aliphatic hydroxyl groups excluding tert-OH is 1. The smallest absolute Gasteiger partial charge is 0.268 e. The molecule has 3 atom stereocenters. The van der Waals surface area contributed by atoms with Crippen molar-refractivity contribution >= 4 is 13.7 Å². The van der Waals surface area contributed by atoms with Gasteiger partial charge in [0.1, 0.15) is 13.2 Å². The first-order chi connectivity index (χ1) is 36.5. The Kier molecular flexibility index (Phi) is 55.1. The van der Waals surface area contributed by atoms with Gasteiger partial charge in [-0.3, -0.25) is 9.36 Å². The van der Waals surface area contributed by atoms with Crippen molar-refractivity contribution in [2.24, 2.45) is 0 Å². The van der Waals surface area contributed by atoms with Crippen molar-refractivity contribution in [1.29, 1.82) is 0 Å². The number of rotatable bonds is 58. The highest BCUT2D eigenvalue weighted by molar-refractivity contribution is 7.45. The van der Waals surface area contributed by atoms with Crippen molar-refractivity contribution in [1.82, 2.24) is 5.32 Å². The van der Waals surface area contributed by atoms with E-state index >= 15 is 0 Å². The summed E-state index contributed by atoms with van der Waals surface area (Å²) >= 11 is 0. The molecular formula is C66H123N2O6P. The molecule has 0 heterocycles. The molecule has 0 aromatic heterocycles. The number of hydrogen-bond acceptors (Lipinski definition) is 6. The molecule has 1 amide bonds. The number of unbranched alkanes of at least 4 members (excludes halogenated alkanes) is 35. The van der Waals surface area contributed by atoms with E-state index in [0.717, 1.165) is 70.6 Å². The fourth-order valence-electron chi connectivity index (χ4n) is 9.24. The molecule has 0 aliphatic carbocycles. The Morgan fingerprint density at radius 3 is 1.19 bits per heavy atom. The molecule has 0 aromatic carbocycles. The lowest BCUT2D eigenvalue weighted by Gasteiger charge is -2.29. The van der Waals surface area contributed by atoms with Crippen molar-refractivity contribution < 1.29 is 32.9 Å². The summed E-state index contributed by atoms with van der Waals surface area (Å²) in [6.45, 7) is 4.57. The van der Waals surface area contributed by atoms with Gasteiger partial charge in [-0.05, 0) is 64.2 Å². The van der Waals surface area contributed by atoms with E-state index < -0.39 is 20.0 Å². The highest BCUT2D eigenvalue weighted by Crippen LogP contribution is 2.38. The first-order valence-electron chi connectivity index (χ1n) is 31.8. The second-order valence-corrected chi connectivity index (χ2v) is 24.1. The predicted octanol–water partition coefficient (Wildman–Crippen LogP) is 19.2. The molecule has 75 heavy (non-hydrogen) atoms. The van der Waals surface area contributed by atoms with Crippen LogP contribution >= 0.6 is 7.82 Å². The highest BCUT2D eigenvalue weighted by Gasteiger charge is 2.23. The summed E-state index contributed by atoms with van der Waals surface area (Å²) in [6.07, 6.45) is 78.5. The van der Waals surface area contributed by atoms with Crippen LogP contribution in [0.1, 0.15) is 290 Å². The lowest BCUT2D eigenvalue weighted by atomic mass is 10.0. The summed E-state index contributed by atoms with van der Waals surface area (Å²) in [5, 5.41) is 13.9. The van der Waals surface area contributed by atoms with Crippen LogP contribution in [0.3, 0.4) is 0 Å². The Labute approximate surface area is 465 Å². The number of nitrogens with one attached hydrogen (secondary N) is 1. The molecule has 0 saturated carbocycles. The number of allylic oxidation sites excluding steroid dienone is 11. The molecule has 8 nitrogen and oxygen atoms in total. The molecule has 0 spiro atoms. The van der Waals surface area contributed by atoms with Crippen LogP contribution in [0.2, 0.25) is 0 Å². The van der Waals surface area contributed by atoms with E-state index in [4.69, 9.17) is 9.05 Å². The zero-order valence-corrected chi connectivity index (χ0v) is 50.9. The Morgan fingerprint density at radius 1 is 0.480 bits per heavy atom. The molecular weight excluding hydrogens is 948 g/mol. The number of nitrogens with zero attached hydrogens (tertiary/aromatic N) is 1. The van der Waals surface area contributed by atoms with E-state index in [-0.39, 0.29) is 19.1 Å². The Bertz CT molecular complexity index is 1450. The molecule has 0 aliphatic heterocycles. The van der Waals surface area contributed by atoms with Crippen molar-refractivity contribution in [2.75, 3.05) is 40.9 Å². The van der Waals surface area contributed by atoms with Crippen LogP contribution in [0.5, 0.6) is 0 Å². The fourth-order valence-corrected chi connectivity index (χ4v) is 9.96. The van der Waals surface area contributed by atoms with Gasteiger partial charge in [0.25, 0.3) is 7.82 Å². The Balaban J connectivity index is 4.12. The molecule has 0 aromatic rings. The zero-order chi connectivity index (χ0) is 54.9. The van der Waals surface area contributed by atoms with E-state index in [1.54, 1.807) is 6.08 Å². The molecule has 3 unspecified atom stereocenters. The lowest BCUT2D eigenvalue weighted by molar-refractivity contribution is -0.870. The van der Waals surface area contributed by atoms with E-state index in [0.29, 0.717) is 17.4 Å². The van der Waals surface area contributed by atoms with Gasteiger partial charge in [0.2, 0.25) is 5.91 Å². The van der Waals surface area contributed by atoms with Crippen LogP contribution in [0, 0.1) is 0 Å². The summed E-state index contributed by atoms with van der Waals surface area (Å²) < 4.78 is 23.4. The maximum atomic E-state index is 13.0. The van der Waals surface area contributed by atoms with Crippen molar-refractivity contribution in [3.63, 3.8) is 0 Å². The molecule has 0 bridgehead atoms. The Morgan fingerprint density at radius 2 is 0.813 bits per heavy atom. The van der Waals surface area contributed by atoms with Crippen LogP contribution in [-0.4, -0.2) is 68.5 Å². The molecule has 0 rings (SSSR count). The van der Waals surface area contributed by atoms with Gasteiger partial charge in [-0.2, -0.15) is 0 Å². The molecule has 0 aliphatic rings. The van der Waals surface area contributed by atoms with Crippen LogP contribution in [0.15, 0.2) is 72.9 Å². The normalized spacial score (nSPS) is 14.3. The monoisotopic (exact) mass is 1070 g/mol. The minimum atomic E-state index is -4.60. The molecule has 2 N–H and O–H groups in total. The number of carbonyl (C=O) groups excluding carboxylic acids is 1. The average Bonchev–Trinajstić information content (AvgIpc) is 3.37. The minimum Gasteiger partial charge on any atom is -0.756 e. The van der Waals surface area contributed by atoms with Crippen LogP contribution in [-0.2, 0) is 18.4 Å². The predicted molar refractivity (Wildman–Crippen MR) is 325 cm³/mol. The Hall–Kier alpha value is -2.06. The van der Waals surface area contributed by atoms with Crippen LogP contribution in [0.4, 0.5) is 0 Å². The minimum absolute atomic E-state index is 0.00208. The number of hydrogen-bond donors (Lipinski definition) is 2.